The molecule has 0 radical (unpaired) electrons. The van der Waals surface area contributed by atoms with Crippen molar-refractivity contribution < 1.29 is 18.0 Å². The molecular weight excluding hydrogens is 236 g/mol. The van der Waals surface area contributed by atoms with Crippen LogP contribution in [0.25, 0.3) is 0 Å². The van der Waals surface area contributed by atoms with Gasteiger partial charge < -0.3 is 16.4 Å². The van der Waals surface area contributed by atoms with Crippen LogP contribution in [0.2, 0.25) is 0 Å². The third-order valence-electron chi connectivity index (χ3n) is 1.60. The van der Waals surface area contributed by atoms with Gasteiger partial charge in [0.15, 0.2) is 0 Å². The zero-order valence-corrected chi connectivity index (χ0v) is 9.76. The molecule has 0 aliphatic heterocycles. The summed E-state index contributed by atoms with van der Waals surface area (Å²) in [4.78, 5) is 22.0. The van der Waals surface area contributed by atoms with Crippen LogP contribution in [-0.2, 0) is 19.6 Å². The van der Waals surface area contributed by atoms with Gasteiger partial charge in [-0.2, -0.15) is 0 Å². The Morgan fingerprint density at radius 2 is 1.62 bits per heavy atom. The van der Waals surface area contributed by atoms with Crippen molar-refractivity contribution in [3.05, 3.63) is 0 Å². The topological polar surface area (TPSA) is 130 Å². The van der Waals surface area contributed by atoms with Crippen molar-refractivity contribution in [3.63, 3.8) is 0 Å². The Hall–Kier alpha value is -1.19. The van der Waals surface area contributed by atoms with Gasteiger partial charge in [0, 0.05) is 19.6 Å². The summed E-state index contributed by atoms with van der Waals surface area (Å²) in [5.74, 6) is -1.98. The van der Waals surface area contributed by atoms with E-state index in [2.05, 4.69) is 15.4 Å². The Morgan fingerprint density at radius 1 is 1.12 bits per heavy atom. The molecule has 0 saturated carbocycles. The molecule has 0 aliphatic carbocycles. The van der Waals surface area contributed by atoms with E-state index in [0.29, 0.717) is 0 Å². The fraction of sp³-hybridized carbons (Fsp3) is 0.714. The van der Waals surface area contributed by atoms with Crippen molar-refractivity contribution in [2.24, 2.45) is 5.73 Å². The lowest BCUT2D eigenvalue weighted by atomic mass is 10.5. The highest BCUT2D eigenvalue weighted by Gasteiger charge is 2.13. The van der Waals surface area contributed by atoms with E-state index in [1.54, 1.807) is 0 Å². The van der Waals surface area contributed by atoms with E-state index in [9.17, 15) is 18.0 Å². The van der Waals surface area contributed by atoms with Gasteiger partial charge in [0.2, 0.25) is 10.0 Å². The molecule has 0 rings (SSSR count). The molecule has 2 amide bonds. The molecular formula is C7H16N4O4S. The minimum Gasteiger partial charge on any atom is -0.347 e. The number of carbonyl (C=O) groups is 2. The van der Waals surface area contributed by atoms with Gasteiger partial charge >= 0.3 is 11.8 Å². The first-order valence-electron chi connectivity index (χ1n) is 4.60. The minimum absolute atomic E-state index is 0.127. The van der Waals surface area contributed by atoms with Crippen LogP contribution in [0.5, 0.6) is 0 Å². The molecule has 0 aromatic carbocycles. The Morgan fingerprint density at radius 3 is 2.06 bits per heavy atom. The second kappa shape index (κ2) is 7.14. The quantitative estimate of drug-likeness (QED) is 0.368. The predicted molar refractivity (Wildman–Crippen MR) is 57.9 cm³/mol. The van der Waals surface area contributed by atoms with Gasteiger partial charge in [-0.05, 0) is 7.05 Å². The van der Waals surface area contributed by atoms with Crippen LogP contribution >= 0.6 is 0 Å². The van der Waals surface area contributed by atoms with E-state index in [4.69, 9.17) is 5.73 Å². The molecule has 0 heterocycles. The molecule has 8 nitrogen and oxygen atoms in total. The Labute approximate surface area is 94.0 Å². The summed E-state index contributed by atoms with van der Waals surface area (Å²) in [6.07, 6.45) is 0. The zero-order valence-electron chi connectivity index (χ0n) is 8.95. The normalized spacial score (nSPS) is 10.9. The molecule has 0 aromatic rings. The highest BCUT2D eigenvalue weighted by molar-refractivity contribution is 7.89. The lowest BCUT2D eigenvalue weighted by Gasteiger charge is -2.05. The summed E-state index contributed by atoms with van der Waals surface area (Å²) in [5, 5.41) is 4.42. The van der Waals surface area contributed by atoms with Crippen LogP contribution in [0.15, 0.2) is 0 Å². The number of hydrogen-bond acceptors (Lipinski definition) is 5. The van der Waals surface area contributed by atoms with Crippen molar-refractivity contribution in [1.82, 2.24) is 15.4 Å². The minimum atomic E-state index is -3.37. The molecule has 94 valence electrons. The maximum Gasteiger partial charge on any atom is 0.309 e. The molecule has 0 bridgehead atoms. The lowest BCUT2D eigenvalue weighted by molar-refractivity contribution is -0.139. The summed E-state index contributed by atoms with van der Waals surface area (Å²) in [6, 6.07) is 0. The summed E-state index contributed by atoms with van der Waals surface area (Å²) < 4.78 is 24.0. The first-order chi connectivity index (χ1) is 7.43. The van der Waals surface area contributed by atoms with E-state index in [-0.39, 0.29) is 25.4 Å². The van der Waals surface area contributed by atoms with Crippen LogP contribution in [-0.4, -0.2) is 52.7 Å². The third kappa shape index (κ3) is 6.32. The van der Waals surface area contributed by atoms with Gasteiger partial charge in [0.1, 0.15) is 0 Å². The maximum absolute atomic E-state index is 11.0. The van der Waals surface area contributed by atoms with Crippen molar-refractivity contribution in [2.75, 3.05) is 32.4 Å². The summed E-state index contributed by atoms with van der Waals surface area (Å²) in [7, 11) is -2.11. The molecule has 0 aromatic heterocycles. The maximum atomic E-state index is 11.0. The van der Waals surface area contributed by atoms with Gasteiger partial charge in [0.25, 0.3) is 0 Å². The molecule has 0 spiro atoms. The highest BCUT2D eigenvalue weighted by Crippen LogP contribution is 1.79. The van der Waals surface area contributed by atoms with Gasteiger partial charge in [-0.3, -0.25) is 9.59 Å². The number of rotatable bonds is 6. The lowest BCUT2D eigenvalue weighted by Crippen LogP contribution is -2.43. The average molecular weight is 252 g/mol. The van der Waals surface area contributed by atoms with E-state index >= 15 is 0 Å². The van der Waals surface area contributed by atoms with Crippen molar-refractivity contribution in [1.29, 1.82) is 0 Å². The van der Waals surface area contributed by atoms with Gasteiger partial charge in [-0.15, -0.1) is 0 Å². The summed E-state index contributed by atoms with van der Waals surface area (Å²) >= 11 is 0. The smallest absolute Gasteiger partial charge is 0.309 e. The number of carbonyl (C=O) groups excluding carboxylic acids is 2. The third-order valence-corrected chi connectivity index (χ3v) is 2.97. The predicted octanol–water partition coefficient (Wildman–Crippen LogP) is -3.27. The SMILES string of the molecule is CNS(=O)(=O)CCNC(=O)C(=O)NCCN. The van der Waals surface area contributed by atoms with Crippen molar-refractivity contribution in [3.8, 4) is 0 Å². The number of nitrogens with one attached hydrogen (secondary N) is 3. The van der Waals surface area contributed by atoms with Crippen LogP contribution in [0.4, 0.5) is 0 Å². The van der Waals surface area contributed by atoms with Gasteiger partial charge in [0.05, 0.1) is 5.75 Å². The fourth-order valence-corrected chi connectivity index (χ4v) is 1.32. The van der Waals surface area contributed by atoms with Gasteiger partial charge in [-0.25, -0.2) is 13.1 Å². The molecule has 5 N–H and O–H groups in total. The largest absolute Gasteiger partial charge is 0.347 e. The van der Waals surface area contributed by atoms with Crippen LogP contribution in [0, 0.1) is 0 Å². The Kier molecular flexibility index (Phi) is 6.61. The molecule has 9 heteroatoms. The monoisotopic (exact) mass is 252 g/mol. The number of hydrogen-bond donors (Lipinski definition) is 4. The average Bonchev–Trinajstić information content (AvgIpc) is 2.25. The number of nitrogens with two attached hydrogens (primary N) is 1. The fourth-order valence-electron chi connectivity index (χ4n) is 0.747. The van der Waals surface area contributed by atoms with Crippen molar-refractivity contribution in [2.45, 2.75) is 0 Å². The molecule has 0 fully saturated rings. The Balaban J connectivity index is 3.86. The van der Waals surface area contributed by atoms with Crippen molar-refractivity contribution >= 4 is 21.8 Å². The summed E-state index contributed by atoms with van der Waals surface area (Å²) in [5.41, 5.74) is 5.12. The van der Waals surface area contributed by atoms with Gasteiger partial charge in [-0.1, -0.05) is 0 Å². The number of sulfonamides is 1. The number of amides is 2. The first kappa shape index (κ1) is 14.8. The molecule has 0 unspecified atom stereocenters. The second-order valence-corrected chi connectivity index (χ2v) is 4.87. The van der Waals surface area contributed by atoms with Crippen LogP contribution in [0.3, 0.4) is 0 Å². The zero-order chi connectivity index (χ0) is 12.6. The summed E-state index contributed by atoms with van der Waals surface area (Å²) in [6.45, 7) is 0.298. The molecule has 0 aliphatic rings. The van der Waals surface area contributed by atoms with E-state index < -0.39 is 21.8 Å². The van der Waals surface area contributed by atoms with E-state index in [1.165, 1.54) is 7.05 Å². The van der Waals surface area contributed by atoms with E-state index in [0.717, 1.165) is 0 Å². The molecule has 0 saturated heterocycles. The Bertz CT molecular complexity index is 340. The first-order valence-corrected chi connectivity index (χ1v) is 6.25. The molecule has 0 atom stereocenters. The standard InChI is InChI=1S/C7H16N4O4S/c1-9-16(14,15)5-4-11-7(13)6(12)10-3-2-8/h9H,2-5,8H2,1H3,(H,10,12)(H,11,13). The van der Waals surface area contributed by atoms with Crippen LogP contribution < -0.4 is 21.1 Å². The van der Waals surface area contributed by atoms with Crippen LogP contribution in [0.1, 0.15) is 0 Å². The molecule has 16 heavy (non-hydrogen) atoms. The highest BCUT2D eigenvalue weighted by atomic mass is 32.2. The second-order valence-electron chi connectivity index (χ2n) is 2.82. The van der Waals surface area contributed by atoms with E-state index in [1.807, 2.05) is 0 Å².